The van der Waals surface area contributed by atoms with Gasteiger partial charge in [-0.15, -0.1) is 0 Å². The van der Waals surface area contributed by atoms with E-state index in [9.17, 15) is 4.79 Å². The molecule has 0 bridgehead atoms. The Morgan fingerprint density at radius 1 is 1.00 bits per heavy atom. The predicted molar refractivity (Wildman–Crippen MR) is 112 cm³/mol. The molecule has 0 aliphatic carbocycles. The number of amides is 2. The van der Waals surface area contributed by atoms with Crippen molar-refractivity contribution in [1.82, 2.24) is 5.32 Å². The molecule has 0 heterocycles. The first-order chi connectivity index (χ1) is 13.7. The molecule has 0 unspecified atom stereocenters. The standard InChI is InChI=1S/C22H30N2O4/c1-4-6-15-28-19-10-8-18(9-11-19)24-22(25)23-14-13-17-7-12-20(27-5-2)21(16-17)26-3/h7-12,16H,4-6,13-15H2,1-3H3,(H2,23,24,25). The van der Waals surface area contributed by atoms with Gasteiger partial charge in [0.1, 0.15) is 5.75 Å². The Labute approximate surface area is 167 Å². The molecule has 0 spiro atoms. The molecule has 6 nitrogen and oxygen atoms in total. The molecule has 2 aromatic rings. The van der Waals surface area contributed by atoms with Gasteiger partial charge in [-0.3, -0.25) is 0 Å². The van der Waals surface area contributed by atoms with Crippen molar-refractivity contribution in [2.45, 2.75) is 33.1 Å². The van der Waals surface area contributed by atoms with E-state index in [1.165, 1.54) is 0 Å². The van der Waals surface area contributed by atoms with E-state index in [4.69, 9.17) is 14.2 Å². The maximum Gasteiger partial charge on any atom is 0.319 e. The van der Waals surface area contributed by atoms with Crippen LogP contribution in [0.15, 0.2) is 42.5 Å². The smallest absolute Gasteiger partial charge is 0.319 e. The highest BCUT2D eigenvalue weighted by atomic mass is 16.5. The molecule has 0 fully saturated rings. The largest absolute Gasteiger partial charge is 0.494 e. The number of nitrogens with one attached hydrogen (secondary N) is 2. The lowest BCUT2D eigenvalue weighted by molar-refractivity contribution is 0.252. The third-order valence-corrected chi connectivity index (χ3v) is 4.11. The molecular weight excluding hydrogens is 356 g/mol. The van der Waals surface area contributed by atoms with E-state index in [1.807, 2.05) is 49.4 Å². The van der Waals surface area contributed by atoms with E-state index in [2.05, 4.69) is 17.6 Å². The Kier molecular flexibility index (Phi) is 8.98. The summed E-state index contributed by atoms with van der Waals surface area (Å²) in [6, 6.07) is 12.9. The molecule has 0 saturated carbocycles. The molecule has 152 valence electrons. The van der Waals surface area contributed by atoms with Crippen molar-refractivity contribution in [1.29, 1.82) is 0 Å². The molecule has 0 aromatic heterocycles. The zero-order valence-corrected chi connectivity index (χ0v) is 16.9. The number of carbonyl (C=O) groups excluding carboxylic acids is 1. The second-order valence-corrected chi connectivity index (χ2v) is 6.28. The lowest BCUT2D eigenvalue weighted by Crippen LogP contribution is -2.30. The number of urea groups is 1. The van der Waals surface area contributed by atoms with Crippen molar-refractivity contribution in [3.8, 4) is 17.2 Å². The van der Waals surface area contributed by atoms with Gasteiger partial charge in [-0.2, -0.15) is 0 Å². The number of ether oxygens (including phenoxy) is 3. The Balaban J connectivity index is 1.76. The first kappa shape index (κ1) is 21.4. The lowest BCUT2D eigenvalue weighted by atomic mass is 10.1. The van der Waals surface area contributed by atoms with Crippen LogP contribution in [0.5, 0.6) is 17.2 Å². The second-order valence-electron chi connectivity index (χ2n) is 6.28. The van der Waals surface area contributed by atoms with Gasteiger partial charge in [-0.1, -0.05) is 19.4 Å². The van der Waals surface area contributed by atoms with Gasteiger partial charge in [0.25, 0.3) is 0 Å². The van der Waals surface area contributed by atoms with Crippen molar-refractivity contribution in [2.24, 2.45) is 0 Å². The minimum Gasteiger partial charge on any atom is -0.494 e. The van der Waals surface area contributed by atoms with Crippen LogP contribution in [-0.2, 0) is 6.42 Å². The molecule has 2 rings (SSSR count). The number of hydrogen-bond acceptors (Lipinski definition) is 4. The number of hydrogen-bond donors (Lipinski definition) is 2. The van der Waals surface area contributed by atoms with Crippen LogP contribution >= 0.6 is 0 Å². The van der Waals surface area contributed by atoms with Crippen LogP contribution in [0.4, 0.5) is 10.5 Å². The monoisotopic (exact) mass is 386 g/mol. The van der Waals surface area contributed by atoms with E-state index in [0.29, 0.717) is 31.9 Å². The molecule has 0 atom stereocenters. The van der Waals surface area contributed by atoms with Crippen LogP contribution in [0.3, 0.4) is 0 Å². The summed E-state index contributed by atoms with van der Waals surface area (Å²) >= 11 is 0. The number of carbonyl (C=O) groups is 1. The van der Waals surface area contributed by atoms with E-state index < -0.39 is 0 Å². The van der Waals surface area contributed by atoms with Gasteiger partial charge in [0, 0.05) is 12.2 Å². The van der Waals surface area contributed by atoms with Gasteiger partial charge in [0.2, 0.25) is 0 Å². The van der Waals surface area contributed by atoms with E-state index in [1.54, 1.807) is 7.11 Å². The van der Waals surface area contributed by atoms with E-state index >= 15 is 0 Å². The highest BCUT2D eigenvalue weighted by Crippen LogP contribution is 2.28. The summed E-state index contributed by atoms with van der Waals surface area (Å²) < 4.78 is 16.5. The Hall–Kier alpha value is -2.89. The molecular formula is C22H30N2O4. The second kappa shape index (κ2) is 11.7. The topological polar surface area (TPSA) is 68.8 Å². The van der Waals surface area contributed by atoms with Crippen LogP contribution in [0.25, 0.3) is 0 Å². The van der Waals surface area contributed by atoms with E-state index in [-0.39, 0.29) is 6.03 Å². The van der Waals surface area contributed by atoms with Crippen molar-refractivity contribution < 1.29 is 19.0 Å². The molecule has 0 aliphatic heterocycles. The van der Waals surface area contributed by atoms with Crippen LogP contribution in [0, 0.1) is 0 Å². The third-order valence-electron chi connectivity index (χ3n) is 4.11. The zero-order chi connectivity index (χ0) is 20.2. The molecule has 2 N–H and O–H groups in total. The number of anilines is 1. The molecule has 6 heteroatoms. The SMILES string of the molecule is CCCCOc1ccc(NC(=O)NCCc2ccc(OCC)c(OC)c2)cc1. The normalized spacial score (nSPS) is 10.2. The maximum absolute atomic E-state index is 12.1. The molecule has 28 heavy (non-hydrogen) atoms. The minimum atomic E-state index is -0.238. The molecule has 0 radical (unpaired) electrons. The first-order valence-electron chi connectivity index (χ1n) is 9.73. The van der Waals surface area contributed by atoms with Gasteiger partial charge < -0.3 is 24.8 Å². The molecule has 2 amide bonds. The van der Waals surface area contributed by atoms with Crippen molar-refractivity contribution in [3.05, 3.63) is 48.0 Å². The quantitative estimate of drug-likeness (QED) is 0.552. The zero-order valence-electron chi connectivity index (χ0n) is 16.9. The minimum absolute atomic E-state index is 0.238. The van der Waals surface area contributed by atoms with Gasteiger partial charge in [-0.05, 0) is 61.7 Å². The fraction of sp³-hybridized carbons (Fsp3) is 0.409. The average molecular weight is 386 g/mol. The van der Waals surface area contributed by atoms with Gasteiger partial charge in [-0.25, -0.2) is 4.79 Å². The fourth-order valence-corrected chi connectivity index (χ4v) is 2.61. The highest BCUT2D eigenvalue weighted by molar-refractivity contribution is 5.89. The van der Waals surface area contributed by atoms with Crippen LogP contribution in [0.1, 0.15) is 32.3 Å². The van der Waals surface area contributed by atoms with Crippen LogP contribution < -0.4 is 24.8 Å². The molecule has 2 aromatic carbocycles. The average Bonchev–Trinajstić information content (AvgIpc) is 2.70. The number of rotatable bonds is 11. The van der Waals surface area contributed by atoms with Gasteiger partial charge >= 0.3 is 6.03 Å². The van der Waals surface area contributed by atoms with Crippen LogP contribution in [0.2, 0.25) is 0 Å². The van der Waals surface area contributed by atoms with Crippen molar-refractivity contribution in [2.75, 3.05) is 32.2 Å². The summed E-state index contributed by atoms with van der Waals surface area (Å²) in [4.78, 5) is 12.1. The molecule has 0 aliphatic rings. The highest BCUT2D eigenvalue weighted by Gasteiger charge is 2.06. The summed E-state index contributed by atoms with van der Waals surface area (Å²) in [7, 11) is 1.62. The van der Waals surface area contributed by atoms with Crippen LogP contribution in [-0.4, -0.2) is 32.9 Å². The van der Waals surface area contributed by atoms with Gasteiger partial charge in [0.15, 0.2) is 11.5 Å². The first-order valence-corrected chi connectivity index (χ1v) is 9.73. The van der Waals surface area contributed by atoms with E-state index in [0.717, 1.165) is 35.6 Å². The molecule has 0 saturated heterocycles. The number of benzene rings is 2. The van der Waals surface area contributed by atoms with Crippen molar-refractivity contribution in [3.63, 3.8) is 0 Å². The Morgan fingerprint density at radius 2 is 1.79 bits per heavy atom. The number of methoxy groups -OCH3 is 1. The third kappa shape index (κ3) is 7.02. The predicted octanol–water partition coefficient (Wildman–Crippen LogP) is 4.64. The summed E-state index contributed by atoms with van der Waals surface area (Å²) in [5.74, 6) is 2.23. The maximum atomic E-state index is 12.1. The number of unbranched alkanes of at least 4 members (excludes halogenated alkanes) is 1. The fourth-order valence-electron chi connectivity index (χ4n) is 2.61. The van der Waals surface area contributed by atoms with Gasteiger partial charge in [0.05, 0.1) is 20.3 Å². The summed E-state index contributed by atoms with van der Waals surface area (Å²) in [6.07, 6.45) is 2.83. The summed E-state index contributed by atoms with van der Waals surface area (Å²) in [5.41, 5.74) is 1.79. The van der Waals surface area contributed by atoms with Crippen molar-refractivity contribution >= 4 is 11.7 Å². The Bertz CT molecular complexity index is 732. The lowest BCUT2D eigenvalue weighted by Gasteiger charge is -2.12. The Morgan fingerprint density at radius 3 is 2.46 bits per heavy atom. The summed E-state index contributed by atoms with van der Waals surface area (Å²) in [6.45, 7) is 5.87. The summed E-state index contributed by atoms with van der Waals surface area (Å²) in [5, 5.41) is 5.68.